The van der Waals surface area contributed by atoms with Crippen molar-refractivity contribution in [3.05, 3.63) is 47.0 Å². The van der Waals surface area contributed by atoms with Gasteiger partial charge in [0, 0.05) is 31.7 Å². The van der Waals surface area contributed by atoms with Gasteiger partial charge in [0.2, 0.25) is 5.91 Å². The number of carbonyl (C=O) groups excluding carboxylic acids is 2. The summed E-state index contributed by atoms with van der Waals surface area (Å²) in [6, 6.07) is 9.00. The van der Waals surface area contributed by atoms with Gasteiger partial charge in [0.25, 0.3) is 5.91 Å². The fourth-order valence-electron chi connectivity index (χ4n) is 6.21. The molecular formula is C31H43N3O6. The van der Waals surface area contributed by atoms with E-state index >= 15 is 0 Å². The highest BCUT2D eigenvalue weighted by atomic mass is 16.5. The number of amides is 2. The smallest absolute Gasteiger partial charge is 0.254 e. The molecule has 9 heteroatoms. The molecule has 1 saturated heterocycles. The summed E-state index contributed by atoms with van der Waals surface area (Å²) in [7, 11) is 7.95. The summed E-state index contributed by atoms with van der Waals surface area (Å²) >= 11 is 0. The van der Waals surface area contributed by atoms with Crippen LogP contribution in [0.25, 0.3) is 0 Å². The van der Waals surface area contributed by atoms with Crippen molar-refractivity contribution in [1.82, 2.24) is 15.1 Å². The van der Waals surface area contributed by atoms with Crippen LogP contribution >= 0.6 is 0 Å². The van der Waals surface area contributed by atoms with Crippen LogP contribution in [0.1, 0.15) is 72.5 Å². The van der Waals surface area contributed by atoms with E-state index < -0.39 is 12.0 Å². The lowest BCUT2D eigenvalue weighted by Gasteiger charge is -2.40. The number of benzene rings is 2. The molecule has 0 spiro atoms. The molecule has 40 heavy (non-hydrogen) atoms. The first kappa shape index (κ1) is 29.5. The molecule has 218 valence electrons. The molecule has 0 saturated carbocycles. The molecular weight excluding hydrogens is 510 g/mol. The molecule has 0 bridgehead atoms. The third-order valence-corrected chi connectivity index (χ3v) is 8.35. The van der Waals surface area contributed by atoms with Gasteiger partial charge in [-0.3, -0.25) is 9.59 Å². The number of fused-ring (bicyclic) bond motifs is 1. The monoisotopic (exact) mass is 553 g/mol. The molecule has 2 aliphatic rings. The lowest BCUT2D eigenvalue weighted by atomic mass is 9.79. The molecule has 0 aromatic heterocycles. The number of methoxy groups -OCH3 is 4. The molecule has 1 N–H and O–H groups in total. The second-order valence-corrected chi connectivity index (χ2v) is 10.5. The minimum absolute atomic E-state index is 0.140. The maximum Gasteiger partial charge on any atom is 0.254 e. The summed E-state index contributed by atoms with van der Waals surface area (Å²) in [5, 5.41) is 3.19. The van der Waals surface area contributed by atoms with Crippen LogP contribution in [0.3, 0.4) is 0 Å². The first-order valence-electron chi connectivity index (χ1n) is 14.1. The Kier molecular flexibility index (Phi) is 9.79. The number of hydrogen-bond acceptors (Lipinski definition) is 7. The van der Waals surface area contributed by atoms with Gasteiger partial charge in [-0.1, -0.05) is 19.4 Å². The molecule has 0 aliphatic carbocycles. The van der Waals surface area contributed by atoms with Crippen molar-refractivity contribution in [2.75, 3.05) is 55.1 Å². The van der Waals surface area contributed by atoms with Gasteiger partial charge in [0.1, 0.15) is 0 Å². The van der Waals surface area contributed by atoms with Crippen LogP contribution in [0.5, 0.6) is 23.0 Å². The van der Waals surface area contributed by atoms with E-state index in [4.69, 9.17) is 18.9 Å². The van der Waals surface area contributed by atoms with Crippen LogP contribution in [0.4, 0.5) is 0 Å². The van der Waals surface area contributed by atoms with Gasteiger partial charge in [-0.25, -0.2) is 0 Å². The molecule has 4 rings (SSSR count). The standard InChI is InChI=1S/C31H43N3O6/c1-7-21-11-8-9-15-34(21)16-10-14-32-30(35)28-22-18-26(39-5)27(40-6)19-23(22)31(36)33(2)29(28)20-12-13-24(37-3)25(17-20)38-4/h12-13,17-19,21,28-29H,7-11,14-16H2,1-6H3,(H,32,35)/t21-,28-,29+/m1/s1. The van der Waals surface area contributed by atoms with Crippen molar-refractivity contribution in [2.24, 2.45) is 0 Å². The van der Waals surface area contributed by atoms with E-state index in [9.17, 15) is 9.59 Å². The van der Waals surface area contributed by atoms with Gasteiger partial charge in [-0.2, -0.15) is 0 Å². The number of ether oxygens (including phenoxy) is 4. The summed E-state index contributed by atoms with van der Waals surface area (Å²) in [6.45, 7) is 4.89. The van der Waals surface area contributed by atoms with E-state index in [0.717, 1.165) is 31.5 Å². The maximum absolute atomic E-state index is 14.0. The Morgan fingerprint density at radius 3 is 2.30 bits per heavy atom. The first-order valence-corrected chi connectivity index (χ1v) is 14.1. The SMILES string of the molecule is CC[C@@H]1CCCCN1CCCNC(=O)[C@@H]1c2cc(OC)c(OC)cc2C(=O)N(C)[C@H]1c1ccc(OC)c(OC)c1. The van der Waals surface area contributed by atoms with E-state index in [2.05, 4.69) is 17.1 Å². The predicted octanol–water partition coefficient (Wildman–Crippen LogP) is 4.40. The fourth-order valence-corrected chi connectivity index (χ4v) is 6.21. The number of nitrogens with zero attached hydrogens (tertiary/aromatic N) is 2. The molecule has 2 aromatic rings. The quantitative estimate of drug-likeness (QED) is 0.413. The number of hydrogen-bond donors (Lipinski definition) is 1. The lowest BCUT2D eigenvalue weighted by molar-refractivity contribution is -0.124. The Bertz CT molecular complexity index is 1200. The van der Waals surface area contributed by atoms with Crippen molar-refractivity contribution in [2.45, 2.75) is 57.0 Å². The molecule has 2 heterocycles. The highest BCUT2D eigenvalue weighted by molar-refractivity contribution is 6.02. The van der Waals surface area contributed by atoms with Crippen LogP contribution in [0, 0.1) is 0 Å². The van der Waals surface area contributed by atoms with Crippen LogP contribution in [-0.2, 0) is 4.79 Å². The van der Waals surface area contributed by atoms with Crippen molar-refractivity contribution < 1.29 is 28.5 Å². The molecule has 1 fully saturated rings. The van der Waals surface area contributed by atoms with E-state index in [0.29, 0.717) is 46.7 Å². The highest BCUT2D eigenvalue weighted by Crippen LogP contribution is 2.46. The normalized spacial score (nSPS) is 21.0. The molecule has 2 aliphatic heterocycles. The molecule has 0 unspecified atom stereocenters. The summed E-state index contributed by atoms with van der Waals surface area (Å²) in [6.07, 6.45) is 5.80. The average Bonchev–Trinajstić information content (AvgIpc) is 2.99. The third kappa shape index (κ3) is 5.84. The molecule has 2 aromatic carbocycles. The van der Waals surface area contributed by atoms with Crippen molar-refractivity contribution in [1.29, 1.82) is 0 Å². The van der Waals surface area contributed by atoms with Gasteiger partial charge < -0.3 is 34.1 Å². The van der Waals surface area contributed by atoms with Crippen molar-refractivity contribution >= 4 is 11.8 Å². The highest BCUT2D eigenvalue weighted by Gasteiger charge is 2.43. The molecule has 3 atom stereocenters. The van der Waals surface area contributed by atoms with Gasteiger partial charge >= 0.3 is 0 Å². The number of rotatable bonds is 11. The Morgan fingerprint density at radius 1 is 0.950 bits per heavy atom. The second-order valence-electron chi connectivity index (χ2n) is 10.5. The van der Waals surface area contributed by atoms with E-state index in [1.807, 2.05) is 12.1 Å². The maximum atomic E-state index is 14.0. The molecule has 2 amide bonds. The van der Waals surface area contributed by atoms with Gasteiger partial charge in [0.15, 0.2) is 23.0 Å². The minimum atomic E-state index is -0.672. The minimum Gasteiger partial charge on any atom is -0.493 e. The summed E-state index contributed by atoms with van der Waals surface area (Å²) in [5.41, 5.74) is 1.81. The zero-order chi connectivity index (χ0) is 28.8. The summed E-state index contributed by atoms with van der Waals surface area (Å²) in [5.74, 6) is 1.01. The zero-order valence-corrected chi connectivity index (χ0v) is 24.6. The van der Waals surface area contributed by atoms with Gasteiger partial charge in [0.05, 0.1) is 40.4 Å². The van der Waals surface area contributed by atoms with Crippen molar-refractivity contribution in [3.63, 3.8) is 0 Å². The summed E-state index contributed by atoms with van der Waals surface area (Å²) in [4.78, 5) is 31.8. The topological polar surface area (TPSA) is 89.6 Å². The number of carbonyl (C=O) groups is 2. The van der Waals surface area contributed by atoms with Crippen molar-refractivity contribution in [3.8, 4) is 23.0 Å². The number of likely N-dealkylation sites (N-methyl/N-ethyl adjacent to an activating group) is 1. The Morgan fingerprint density at radius 2 is 1.62 bits per heavy atom. The van der Waals surface area contributed by atoms with E-state index in [1.165, 1.54) is 26.4 Å². The van der Waals surface area contributed by atoms with E-state index in [1.54, 1.807) is 51.5 Å². The Labute approximate surface area is 237 Å². The van der Waals surface area contributed by atoms with Crippen LogP contribution in [0.15, 0.2) is 30.3 Å². The van der Waals surface area contributed by atoms with Crippen LogP contribution in [-0.4, -0.2) is 82.8 Å². The largest absolute Gasteiger partial charge is 0.493 e. The average molecular weight is 554 g/mol. The molecule has 0 radical (unpaired) electrons. The predicted molar refractivity (Wildman–Crippen MR) is 154 cm³/mol. The Balaban J connectivity index is 1.66. The molecule has 9 nitrogen and oxygen atoms in total. The lowest BCUT2D eigenvalue weighted by Crippen LogP contribution is -2.46. The third-order valence-electron chi connectivity index (χ3n) is 8.35. The van der Waals surface area contributed by atoms with E-state index in [-0.39, 0.29) is 11.8 Å². The summed E-state index contributed by atoms with van der Waals surface area (Å²) < 4.78 is 22.0. The number of nitrogens with one attached hydrogen (secondary N) is 1. The second kappa shape index (κ2) is 13.3. The first-order chi connectivity index (χ1) is 19.4. The fraction of sp³-hybridized carbons (Fsp3) is 0.548. The van der Waals surface area contributed by atoms with Gasteiger partial charge in [-0.05, 0) is 67.6 Å². The Hall–Kier alpha value is -3.46. The van der Waals surface area contributed by atoms with Crippen LogP contribution < -0.4 is 24.3 Å². The van der Waals surface area contributed by atoms with Crippen LogP contribution in [0.2, 0.25) is 0 Å². The van der Waals surface area contributed by atoms with Gasteiger partial charge in [-0.15, -0.1) is 0 Å². The zero-order valence-electron chi connectivity index (χ0n) is 24.6. The number of piperidine rings is 1. The number of likely N-dealkylation sites (tertiary alicyclic amines) is 1.